The molecule has 0 aromatic carbocycles. The van der Waals surface area contributed by atoms with Gasteiger partial charge in [0.1, 0.15) is 0 Å². The molecule has 1 atom stereocenters. The Morgan fingerprint density at radius 3 is 2.72 bits per heavy atom. The number of likely N-dealkylation sites (tertiary alicyclic amines) is 1. The van der Waals surface area contributed by atoms with Crippen LogP contribution in [0.4, 0.5) is 0 Å². The molecule has 0 bridgehead atoms. The van der Waals surface area contributed by atoms with Gasteiger partial charge < -0.3 is 15.5 Å². The zero-order valence-corrected chi connectivity index (χ0v) is 15.6. The first-order valence-corrected chi connectivity index (χ1v) is 9.78. The number of aromatic nitrogens is 3. The zero-order valence-electron chi connectivity index (χ0n) is 15.6. The van der Waals surface area contributed by atoms with Crippen molar-refractivity contribution < 1.29 is 4.79 Å². The predicted molar refractivity (Wildman–Crippen MR) is 97.7 cm³/mol. The highest BCUT2D eigenvalue weighted by Crippen LogP contribution is 2.20. The Bertz CT molecular complexity index is 560. The summed E-state index contributed by atoms with van der Waals surface area (Å²) in [7, 11) is 0. The number of carbonyl (C=O) groups excluding carboxylic acids is 1. The number of hydrogen-bond acceptors (Lipinski definition) is 5. The number of nitrogens with zero attached hydrogens (tertiary/aromatic N) is 4. The monoisotopic (exact) mass is 348 g/mol. The lowest BCUT2D eigenvalue weighted by atomic mass is 10.1. The van der Waals surface area contributed by atoms with Crippen LogP contribution in [0.3, 0.4) is 0 Å². The van der Waals surface area contributed by atoms with Crippen LogP contribution < -0.4 is 10.6 Å². The van der Waals surface area contributed by atoms with Crippen LogP contribution >= 0.6 is 0 Å². The maximum atomic E-state index is 12.5. The van der Waals surface area contributed by atoms with Gasteiger partial charge in [0.05, 0.1) is 11.7 Å². The molecule has 0 spiro atoms. The fraction of sp³-hybridized carbons (Fsp3) is 0.833. The molecule has 0 aliphatic carbocycles. The number of carbonyl (C=O) groups is 1. The third kappa shape index (κ3) is 4.79. The summed E-state index contributed by atoms with van der Waals surface area (Å²) in [5, 5.41) is 14.8. The Kier molecular flexibility index (Phi) is 6.42. The molecule has 3 heterocycles. The molecule has 0 radical (unpaired) electrons. The van der Waals surface area contributed by atoms with Crippen LogP contribution in [0.5, 0.6) is 0 Å². The van der Waals surface area contributed by atoms with E-state index in [1.165, 1.54) is 32.4 Å². The van der Waals surface area contributed by atoms with E-state index in [1.54, 1.807) is 0 Å². The summed E-state index contributed by atoms with van der Waals surface area (Å²) in [6, 6.07) is 0.355. The molecule has 2 fully saturated rings. The summed E-state index contributed by atoms with van der Waals surface area (Å²) in [5.74, 6) is 0.352. The van der Waals surface area contributed by atoms with Gasteiger partial charge in [0, 0.05) is 13.1 Å². The second kappa shape index (κ2) is 8.76. The quantitative estimate of drug-likeness (QED) is 0.812. The largest absolute Gasteiger partial charge is 0.350 e. The molecule has 7 nitrogen and oxygen atoms in total. The van der Waals surface area contributed by atoms with Gasteiger partial charge in [0.15, 0.2) is 5.69 Å². The van der Waals surface area contributed by atoms with Gasteiger partial charge in [0.25, 0.3) is 5.91 Å². The van der Waals surface area contributed by atoms with Crippen molar-refractivity contribution in [2.75, 3.05) is 39.3 Å². The topological polar surface area (TPSA) is 75.1 Å². The first-order valence-electron chi connectivity index (χ1n) is 9.78. The SMILES string of the molecule is Cc1c(C(=O)NCC(C)CN2CCCCC2)nnn1C1CCNCC1. The van der Waals surface area contributed by atoms with E-state index in [-0.39, 0.29) is 5.91 Å². The summed E-state index contributed by atoms with van der Waals surface area (Å²) in [4.78, 5) is 15.0. The maximum Gasteiger partial charge on any atom is 0.273 e. The summed E-state index contributed by atoms with van der Waals surface area (Å²) >= 11 is 0. The van der Waals surface area contributed by atoms with E-state index in [2.05, 4.69) is 32.8 Å². The Labute approximate surface area is 150 Å². The van der Waals surface area contributed by atoms with Gasteiger partial charge in [-0.15, -0.1) is 5.10 Å². The van der Waals surface area contributed by atoms with Crippen molar-refractivity contribution in [1.29, 1.82) is 0 Å². The fourth-order valence-corrected chi connectivity index (χ4v) is 3.95. The number of piperidine rings is 2. The first-order chi connectivity index (χ1) is 12.1. The summed E-state index contributed by atoms with van der Waals surface area (Å²) in [6.07, 6.45) is 6.04. The lowest BCUT2D eigenvalue weighted by Gasteiger charge is -2.29. The fourth-order valence-electron chi connectivity index (χ4n) is 3.95. The normalized spacial score (nSPS) is 21.2. The van der Waals surface area contributed by atoms with Crippen LogP contribution in [0.25, 0.3) is 0 Å². The zero-order chi connectivity index (χ0) is 17.6. The van der Waals surface area contributed by atoms with E-state index in [1.807, 2.05) is 11.6 Å². The molecule has 2 saturated heterocycles. The van der Waals surface area contributed by atoms with E-state index < -0.39 is 0 Å². The van der Waals surface area contributed by atoms with E-state index in [9.17, 15) is 4.79 Å². The van der Waals surface area contributed by atoms with Crippen molar-refractivity contribution in [3.05, 3.63) is 11.4 Å². The van der Waals surface area contributed by atoms with Crippen molar-refractivity contribution in [2.45, 2.75) is 52.0 Å². The first kappa shape index (κ1) is 18.3. The highest BCUT2D eigenvalue weighted by Gasteiger charge is 2.23. The number of nitrogens with one attached hydrogen (secondary N) is 2. The lowest BCUT2D eigenvalue weighted by Crippen LogP contribution is -2.38. The summed E-state index contributed by atoms with van der Waals surface area (Å²) < 4.78 is 1.94. The molecule has 2 N–H and O–H groups in total. The van der Waals surface area contributed by atoms with E-state index >= 15 is 0 Å². The molecule has 1 aromatic rings. The number of amides is 1. The molecule has 2 aliphatic heterocycles. The molecule has 3 rings (SSSR count). The van der Waals surface area contributed by atoms with Gasteiger partial charge in [-0.1, -0.05) is 18.6 Å². The van der Waals surface area contributed by atoms with E-state index in [0.29, 0.717) is 24.2 Å². The van der Waals surface area contributed by atoms with Crippen LogP contribution in [0.15, 0.2) is 0 Å². The third-order valence-corrected chi connectivity index (χ3v) is 5.43. The van der Waals surface area contributed by atoms with Crippen LogP contribution in [-0.2, 0) is 0 Å². The van der Waals surface area contributed by atoms with Gasteiger partial charge >= 0.3 is 0 Å². The molecule has 140 valence electrons. The molecular formula is C18H32N6O. The number of hydrogen-bond donors (Lipinski definition) is 2. The van der Waals surface area contributed by atoms with Gasteiger partial charge in [-0.05, 0) is 64.7 Å². The minimum atomic E-state index is -0.0943. The van der Waals surface area contributed by atoms with Crippen molar-refractivity contribution in [3.8, 4) is 0 Å². The van der Waals surface area contributed by atoms with Gasteiger partial charge in [-0.2, -0.15) is 0 Å². The smallest absolute Gasteiger partial charge is 0.273 e. The van der Waals surface area contributed by atoms with Crippen molar-refractivity contribution in [3.63, 3.8) is 0 Å². The molecule has 7 heteroatoms. The molecule has 25 heavy (non-hydrogen) atoms. The van der Waals surface area contributed by atoms with Crippen molar-refractivity contribution in [2.24, 2.45) is 5.92 Å². The van der Waals surface area contributed by atoms with Crippen molar-refractivity contribution >= 4 is 5.91 Å². The molecule has 1 aromatic heterocycles. The van der Waals surface area contributed by atoms with Gasteiger partial charge in [-0.3, -0.25) is 4.79 Å². The van der Waals surface area contributed by atoms with Crippen molar-refractivity contribution in [1.82, 2.24) is 30.5 Å². The van der Waals surface area contributed by atoms with Gasteiger partial charge in [-0.25, -0.2) is 4.68 Å². The highest BCUT2D eigenvalue weighted by molar-refractivity contribution is 5.93. The van der Waals surface area contributed by atoms with E-state index in [4.69, 9.17) is 0 Å². The average Bonchev–Trinajstić information content (AvgIpc) is 3.03. The number of rotatable bonds is 6. The molecule has 1 amide bonds. The average molecular weight is 348 g/mol. The molecule has 0 saturated carbocycles. The third-order valence-electron chi connectivity index (χ3n) is 5.43. The van der Waals surface area contributed by atoms with Crippen LogP contribution in [0.2, 0.25) is 0 Å². The van der Waals surface area contributed by atoms with Crippen LogP contribution in [0.1, 0.15) is 61.3 Å². The lowest BCUT2D eigenvalue weighted by molar-refractivity contribution is 0.0937. The standard InChI is InChI=1S/C18H32N6O/c1-14(13-23-10-4-3-5-11-23)12-20-18(25)17-15(2)24(22-21-17)16-6-8-19-9-7-16/h14,16,19H,3-13H2,1-2H3,(H,20,25). The highest BCUT2D eigenvalue weighted by atomic mass is 16.2. The predicted octanol–water partition coefficient (Wildman–Crippen LogP) is 1.36. The van der Waals surface area contributed by atoms with Gasteiger partial charge in [0.2, 0.25) is 0 Å². The molecule has 2 aliphatic rings. The van der Waals surface area contributed by atoms with E-state index in [0.717, 1.165) is 38.2 Å². The second-order valence-corrected chi connectivity index (χ2v) is 7.63. The minimum Gasteiger partial charge on any atom is -0.350 e. The second-order valence-electron chi connectivity index (χ2n) is 7.63. The molecule has 1 unspecified atom stereocenters. The molecular weight excluding hydrogens is 316 g/mol. The Morgan fingerprint density at radius 2 is 2.00 bits per heavy atom. The van der Waals surface area contributed by atoms with Crippen LogP contribution in [0, 0.1) is 12.8 Å². The summed E-state index contributed by atoms with van der Waals surface area (Å²) in [6.45, 7) is 10.3. The van der Waals surface area contributed by atoms with Crippen LogP contribution in [-0.4, -0.2) is 65.1 Å². The maximum absolute atomic E-state index is 12.5. The Hall–Kier alpha value is -1.47. The minimum absolute atomic E-state index is 0.0943. The Morgan fingerprint density at radius 1 is 1.28 bits per heavy atom. The summed E-state index contributed by atoms with van der Waals surface area (Å²) in [5.41, 5.74) is 1.36. The Balaban J connectivity index is 1.50.